The van der Waals surface area contributed by atoms with E-state index in [0.717, 1.165) is 24.9 Å². The third-order valence-electron chi connectivity index (χ3n) is 6.06. The fraction of sp³-hybridized carbons (Fsp3) is 0.520. The number of unbranched alkanes of at least 4 members (excludes halogenated alkanes) is 2. The van der Waals surface area contributed by atoms with Crippen LogP contribution in [-0.4, -0.2) is 30.7 Å². The standard InChI is InChI=1S/C25H35FNO/c1-22-13-12-16-24(26)25(22)28-20-11-5-10-19-27(17-8-2-3-9-18-27)21-23-14-6-4-7-15-23/h4,6-7,12-16H,2-3,5,8-11,17-21H2,1H3/q+1. The van der Waals surface area contributed by atoms with E-state index in [-0.39, 0.29) is 5.82 Å². The molecular formula is C25H35FNO+. The Bertz CT molecular complexity index is 687. The van der Waals surface area contributed by atoms with E-state index in [1.54, 1.807) is 6.07 Å². The molecule has 2 aromatic rings. The number of nitrogens with zero attached hydrogens (tertiary/aromatic N) is 1. The number of aryl methyl sites for hydroxylation is 1. The highest BCUT2D eigenvalue weighted by molar-refractivity contribution is 5.33. The zero-order valence-corrected chi connectivity index (χ0v) is 17.3. The fourth-order valence-electron chi connectivity index (χ4n) is 4.49. The van der Waals surface area contributed by atoms with Crippen LogP contribution in [0.2, 0.25) is 0 Å². The molecule has 1 heterocycles. The Kier molecular flexibility index (Phi) is 7.90. The van der Waals surface area contributed by atoms with Crippen molar-refractivity contribution in [3.8, 4) is 5.75 Å². The van der Waals surface area contributed by atoms with Crippen molar-refractivity contribution in [3.63, 3.8) is 0 Å². The summed E-state index contributed by atoms with van der Waals surface area (Å²) in [6.45, 7) is 7.51. The number of likely N-dealkylation sites (tertiary alicyclic amines) is 1. The van der Waals surface area contributed by atoms with Crippen molar-refractivity contribution in [1.29, 1.82) is 0 Å². The molecule has 2 nitrogen and oxygen atoms in total. The number of hydrogen-bond acceptors (Lipinski definition) is 1. The molecule has 28 heavy (non-hydrogen) atoms. The topological polar surface area (TPSA) is 9.23 Å². The minimum Gasteiger partial charge on any atom is -0.490 e. The fourth-order valence-corrected chi connectivity index (χ4v) is 4.49. The first-order valence-electron chi connectivity index (χ1n) is 11.0. The van der Waals surface area contributed by atoms with Gasteiger partial charge in [-0.05, 0) is 63.5 Å². The Morgan fingerprint density at radius 2 is 1.61 bits per heavy atom. The molecule has 0 amide bonds. The lowest BCUT2D eigenvalue weighted by molar-refractivity contribution is -0.940. The van der Waals surface area contributed by atoms with Crippen molar-refractivity contribution in [2.45, 2.75) is 58.4 Å². The van der Waals surface area contributed by atoms with Crippen LogP contribution in [0.1, 0.15) is 56.1 Å². The van der Waals surface area contributed by atoms with Gasteiger partial charge in [0.05, 0.1) is 26.2 Å². The molecule has 0 N–H and O–H groups in total. The molecule has 0 unspecified atom stereocenters. The van der Waals surface area contributed by atoms with E-state index >= 15 is 0 Å². The van der Waals surface area contributed by atoms with Gasteiger partial charge in [0.1, 0.15) is 6.54 Å². The maximum atomic E-state index is 13.8. The van der Waals surface area contributed by atoms with Gasteiger partial charge in [0.2, 0.25) is 0 Å². The third kappa shape index (κ3) is 6.07. The second kappa shape index (κ2) is 10.6. The molecule has 0 aromatic heterocycles. The summed E-state index contributed by atoms with van der Waals surface area (Å²) in [5.41, 5.74) is 2.33. The molecule has 1 aliphatic rings. The normalized spacial score (nSPS) is 16.5. The van der Waals surface area contributed by atoms with Crippen molar-refractivity contribution >= 4 is 0 Å². The zero-order chi connectivity index (χ0) is 19.7. The lowest BCUT2D eigenvalue weighted by atomic mass is 10.1. The van der Waals surface area contributed by atoms with E-state index in [1.165, 1.54) is 67.9 Å². The predicted molar refractivity (Wildman–Crippen MR) is 114 cm³/mol. The van der Waals surface area contributed by atoms with Gasteiger partial charge in [-0.15, -0.1) is 0 Å². The van der Waals surface area contributed by atoms with Crippen LogP contribution >= 0.6 is 0 Å². The molecule has 0 atom stereocenters. The van der Waals surface area contributed by atoms with E-state index < -0.39 is 0 Å². The van der Waals surface area contributed by atoms with Crippen LogP contribution in [0.15, 0.2) is 48.5 Å². The number of halogens is 1. The van der Waals surface area contributed by atoms with Gasteiger partial charge in [-0.25, -0.2) is 4.39 Å². The van der Waals surface area contributed by atoms with Gasteiger partial charge < -0.3 is 9.22 Å². The molecule has 0 aliphatic carbocycles. The van der Waals surface area contributed by atoms with Crippen LogP contribution in [0, 0.1) is 12.7 Å². The number of rotatable bonds is 9. The molecule has 0 saturated carbocycles. The van der Waals surface area contributed by atoms with Gasteiger partial charge >= 0.3 is 0 Å². The van der Waals surface area contributed by atoms with Crippen LogP contribution in [0.5, 0.6) is 5.75 Å². The van der Waals surface area contributed by atoms with Gasteiger partial charge in [0.25, 0.3) is 0 Å². The molecule has 2 aromatic carbocycles. The van der Waals surface area contributed by atoms with Crippen LogP contribution in [0.25, 0.3) is 0 Å². The summed E-state index contributed by atoms with van der Waals surface area (Å²) in [6, 6.07) is 16.1. The van der Waals surface area contributed by atoms with E-state index in [9.17, 15) is 4.39 Å². The van der Waals surface area contributed by atoms with Crippen molar-refractivity contribution < 1.29 is 13.6 Å². The van der Waals surface area contributed by atoms with E-state index in [4.69, 9.17) is 4.74 Å². The first-order chi connectivity index (χ1) is 13.7. The monoisotopic (exact) mass is 384 g/mol. The van der Waals surface area contributed by atoms with Crippen LogP contribution < -0.4 is 4.74 Å². The third-order valence-corrected chi connectivity index (χ3v) is 6.06. The summed E-state index contributed by atoms with van der Waals surface area (Å²) in [4.78, 5) is 0. The van der Waals surface area contributed by atoms with Gasteiger partial charge in [-0.2, -0.15) is 0 Å². The quantitative estimate of drug-likeness (QED) is 0.365. The Morgan fingerprint density at radius 3 is 2.32 bits per heavy atom. The molecule has 3 rings (SSSR count). The Labute approximate surface area is 169 Å². The van der Waals surface area contributed by atoms with Crippen LogP contribution in [-0.2, 0) is 6.54 Å². The lowest BCUT2D eigenvalue weighted by Crippen LogP contribution is -2.48. The summed E-state index contributed by atoms with van der Waals surface area (Å²) in [5.74, 6) is 0.166. The minimum atomic E-state index is -0.253. The molecule has 0 radical (unpaired) electrons. The van der Waals surface area contributed by atoms with E-state index in [0.29, 0.717) is 12.4 Å². The zero-order valence-electron chi connectivity index (χ0n) is 17.3. The first-order valence-corrected chi connectivity index (χ1v) is 11.0. The summed E-state index contributed by atoms with van der Waals surface area (Å²) in [6.07, 6.45) is 8.80. The van der Waals surface area contributed by atoms with Gasteiger partial charge in [0, 0.05) is 5.56 Å². The van der Waals surface area contributed by atoms with E-state index in [2.05, 4.69) is 30.3 Å². The molecule has 1 fully saturated rings. The highest BCUT2D eigenvalue weighted by Gasteiger charge is 2.28. The highest BCUT2D eigenvalue weighted by Crippen LogP contribution is 2.24. The van der Waals surface area contributed by atoms with Gasteiger partial charge in [-0.3, -0.25) is 0 Å². The second-order valence-corrected chi connectivity index (χ2v) is 8.37. The average Bonchev–Trinajstić information content (AvgIpc) is 2.93. The Hall–Kier alpha value is -1.87. The van der Waals surface area contributed by atoms with Crippen molar-refractivity contribution in [3.05, 3.63) is 65.5 Å². The van der Waals surface area contributed by atoms with Crippen LogP contribution in [0.4, 0.5) is 4.39 Å². The number of ether oxygens (including phenoxy) is 1. The predicted octanol–water partition coefficient (Wildman–Crippen LogP) is 6.27. The number of benzene rings is 2. The van der Waals surface area contributed by atoms with Crippen molar-refractivity contribution in [2.24, 2.45) is 0 Å². The van der Waals surface area contributed by atoms with Gasteiger partial charge in [-0.1, -0.05) is 42.5 Å². The summed E-state index contributed by atoms with van der Waals surface area (Å²) in [5, 5.41) is 0. The first kappa shape index (κ1) is 20.9. The maximum absolute atomic E-state index is 13.8. The second-order valence-electron chi connectivity index (χ2n) is 8.37. The molecule has 0 spiro atoms. The lowest BCUT2D eigenvalue weighted by Gasteiger charge is -2.38. The molecule has 1 aliphatic heterocycles. The smallest absolute Gasteiger partial charge is 0.165 e. The van der Waals surface area contributed by atoms with Crippen LogP contribution in [0.3, 0.4) is 0 Å². The van der Waals surface area contributed by atoms with Gasteiger partial charge in [0.15, 0.2) is 11.6 Å². The Morgan fingerprint density at radius 1 is 0.857 bits per heavy atom. The summed E-state index contributed by atoms with van der Waals surface area (Å²) in [7, 11) is 0. The molecule has 152 valence electrons. The minimum absolute atomic E-state index is 0.253. The SMILES string of the molecule is Cc1cccc(F)c1OCCCCC[N+]1(Cc2ccccc2)CCCCCC1. The molecule has 1 saturated heterocycles. The maximum Gasteiger partial charge on any atom is 0.165 e. The molecule has 3 heteroatoms. The average molecular weight is 385 g/mol. The highest BCUT2D eigenvalue weighted by atomic mass is 19.1. The molecular weight excluding hydrogens is 349 g/mol. The van der Waals surface area contributed by atoms with Crippen molar-refractivity contribution in [1.82, 2.24) is 0 Å². The number of para-hydroxylation sites is 1. The Balaban J connectivity index is 1.47. The number of quaternary nitrogens is 1. The van der Waals surface area contributed by atoms with Crippen molar-refractivity contribution in [2.75, 3.05) is 26.2 Å². The largest absolute Gasteiger partial charge is 0.490 e. The summed E-state index contributed by atoms with van der Waals surface area (Å²) < 4.78 is 20.8. The van der Waals surface area contributed by atoms with E-state index in [1.807, 2.05) is 13.0 Å². The molecule has 0 bridgehead atoms. The summed E-state index contributed by atoms with van der Waals surface area (Å²) >= 11 is 0. The number of hydrogen-bond donors (Lipinski definition) is 0.